The predicted octanol–water partition coefficient (Wildman–Crippen LogP) is 5.23. The Morgan fingerprint density at radius 3 is 1.87 bits per heavy atom. The van der Waals surface area contributed by atoms with Crippen molar-refractivity contribution in [3.63, 3.8) is 0 Å². The molecule has 0 fully saturated rings. The summed E-state index contributed by atoms with van der Waals surface area (Å²) in [6, 6.07) is 25.5. The molecule has 0 atom stereocenters. The molecule has 0 heterocycles. The van der Waals surface area contributed by atoms with Crippen LogP contribution in [0.4, 0.5) is 4.79 Å². The van der Waals surface area contributed by atoms with Crippen molar-refractivity contribution >= 4 is 12.1 Å². The zero-order valence-corrected chi connectivity index (χ0v) is 16.8. The van der Waals surface area contributed by atoms with Gasteiger partial charge in [-0.2, -0.15) is 0 Å². The second kappa shape index (κ2) is 10.1. The summed E-state index contributed by atoms with van der Waals surface area (Å²) >= 11 is 0. The number of esters is 1. The lowest BCUT2D eigenvalue weighted by Gasteiger charge is -2.12. The van der Waals surface area contributed by atoms with Crippen LogP contribution in [0.2, 0.25) is 0 Å². The van der Waals surface area contributed by atoms with E-state index in [2.05, 4.69) is 18.0 Å². The van der Waals surface area contributed by atoms with E-state index in [9.17, 15) is 9.59 Å². The number of carbonyl (C=O) groups is 2. The van der Waals surface area contributed by atoms with Crippen LogP contribution in [0.15, 0.2) is 91.0 Å². The fourth-order valence-electron chi connectivity index (χ4n) is 2.82. The van der Waals surface area contributed by atoms with Gasteiger partial charge in [0.15, 0.2) is 0 Å². The average Bonchev–Trinajstić information content (AvgIpc) is 2.77. The van der Waals surface area contributed by atoms with Crippen LogP contribution < -0.4 is 10.1 Å². The van der Waals surface area contributed by atoms with E-state index >= 15 is 0 Å². The van der Waals surface area contributed by atoms with E-state index in [0.29, 0.717) is 11.3 Å². The van der Waals surface area contributed by atoms with Crippen LogP contribution in [-0.4, -0.2) is 25.2 Å². The number of amides is 1. The number of nitrogens with one attached hydrogen (secondary N) is 1. The Morgan fingerprint density at radius 1 is 0.833 bits per heavy atom. The number of hydrogen-bond donors (Lipinski definition) is 1. The minimum atomic E-state index is -0.620. The molecule has 0 aliphatic rings. The molecule has 0 aromatic heterocycles. The minimum absolute atomic E-state index is 0.0418. The van der Waals surface area contributed by atoms with Gasteiger partial charge in [-0.1, -0.05) is 67.2 Å². The molecule has 0 spiro atoms. The second-order valence-corrected chi connectivity index (χ2v) is 6.71. The first-order chi connectivity index (χ1) is 14.5. The van der Waals surface area contributed by atoms with Crippen molar-refractivity contribution in [2.24, 2.45) is 0 Å². The van der Waals surface area contributed by atoms with E-state index in [1.165, 1.54) is 0 Å². The Bertz CT molecular complexity index is 972. The maximum Gasteiger partial charge on any atom is 0.412 e. The third kappa shape index (κ3) is 5.82. The van der Waals surface area contributed by atoms with Crippen molar-refractivity contribution in [1.29, 1.82) is 0 Å². The summed E-state index contributed by atoms with van der Waals surface area (Å²) in [5.41, 5.74) is 4.23. The van der Waals surface area contributed by atoms with Gasteiger partial charge in [-0.3, -0.25) is 0 Å². The van der Waals surface area contributed by atoms with Gasteiger partial charge < -0.3 is 14.8 Å². The van der Waals surface area contributed by atoms with E-state index in [1.54, 1.807) is 6.92 Å². The van der Waals surface area contributed by atoms with E-state index in [1.807, 2.05) is 72.8 Å². The summed E-state index contributed by atoms with van der Waals surface area (Å²) in [4.78, 5) is 23.6. The summed E-state index contributed by atoms with van der Waals surface area (Å²) in [7, 11) is 0. The summed E-state index contributed by atoms with van der Waals surface area (Å²) in [6.07, 6.45) is -0.620. The Balaban J connectivity index is 1.74. The van der Waals surface area contributed by atoms with Crippen LogP contribution in [-0.2, 0) is 9.53 Å². The van der Waals surface area contributed by atoms with Crippen molar-refractivity contribution < 1.29 is 19.1 Å². The molecule has 30 heavy (non-hydrogen) atoms. The lowest BCUT2D eigenvalue weighted by atomic mass is 9.98. The van der Waals surface area contributed by atoms with Crippen molar-refractivity contribution in [3.05, 3.63) is 91.0 Å². The lowest BCUT2D eigenvalue weighted by molar-refractivity contribution is -0.138. The van der Waals surface area contributed by atoms with Gasteiger partial charge in [-0.05, 0) is 47.4 Å². The molecule has 0 radical (unpaired) electrons. The molecule has 3 aromatic rings. The third-order valence-corrected chi connectivity index (χ3v) is 4.28. The monoisotopic (exact) mass is 401 g/mol. The molecule has 0 saturated carbocycles. The summed E-state index contributed by atoms with van der Waals surface area (Å²) in [6.45, 7) is 5.25. The van der Waals surface area contributed by atoms with Crippen LogP contribution in [0.25, 0.3) is 22.3 Å². The quantitative estimate of drug-likeness (QED) is 0.335. The highest BCUT2D eigenvalue weighted by molar-refractivity contribution is 5.87. The first-order valence-corrected chi connectivity index (χ1v) is 9.57. The summed E-state index contributed by atoms with van der Waals surface area (Å²) in [5, 5.41) is 2.58. The van der Waals surface area contributed by atoms with E-state index in [4.69, 9.17) is 9.47 Å². The Morgan fingerprint density at radius 2 is 1.37 bits per heavy atom. The molecule has 1 amide bonds. The average molecular weight is 401 g/mol. The molecular formula is C25H23NO4. The first-order valence-electron chi connectivity index (χ1n) is 9.57. The number of ether oxygens (including phenoxy) is 2. The van der Waals surface area contributed by atoms with Gasteiger partial charge in [0, 0.05) is 5.57 Å². The summed E-state index contributed by atoms with van der Waals surface area (Å²) in [5.74, 6) is -0.0696. The van der Waals surface area contributed by atoms with Gasteiger partial charge in [0.1, 0.15) is 12.4 Å². The summed E-state index contributed by atoms with van der Waals surface area (Å²) < 4.78 is 10.4. The molecule has 0 bridgehead atoms. The zero-order valence-electron chi connectivity index (χ0n) is 16.8. The van der Waals surface area contributed by atoms with Gasteiger partial charge in [0.05, 0.1) is 6.54 Å². The van der Waals surface area contributed by atoms with E-state index in [0.717, 1.165) is 22.3 Å². The molecule has 3 rings (SSSR count). The molecule has 0 aliphatic heterocycles. The molecule has 5 nitrogen and oxygen atoms in total. The van der Waals surface area contributed by atoms with E-state index < -0.39 is 12.1 Å². The molecule has 3 aromatic carbocycles. The van der Waals surface area contributed by atoms with Crippen LogP contribution in [0.3, 0.4) is 0 Å². The molecule has 0 unspecified atom stereocenters. The SMILES string of the molecule is C=C(C)C(=O)OCCNC(=O)Oc1cc(-c2ccccc2)cc(-c2ccccc2)c1. The molecular weight excluding hydrogens is 378 g/mol. The smallest absolute Gasteiger partial charge is 0.412 e. The minimum Gasteiger partial charge on any atom is -0.460 e. The molecule has 0 aliphatic carbocycles. The Kier molecular flexibility index (Phi) is 7.00. The van der Waals surface area contributed by atoms with Gasteiger partial charge in [-0.25, -0.2) is 9.59 Å². The van der Waals surface area contributed by atoms with Crippen molar-refractivity contribution in [2.75, 3.05) is 13.2 Å². The number of rotatable bonds is 7. The fraction of sp³-hybridized carbons (Fsp3) is 0.120. The molecule has 5 heteroatoms. The van der Waals surface area contributed by atoms with E-state index in [-0.39, 0.29) is 13.2 Å². The largest absolute Gasteiger partial charge is 0.460 e. The molecule has 0 saturated heterocycles. The standard InChI is InChI=1S/C25H23NO4/c1-18(2)24(27)29-14-13-26-25(28)30-23-16-21(19-9-5-3-6-10-19)15-22(17-23)20-11-7-4-8-12-20/h3-12,15-17H,1,13-14H2,2H3,(H,26,28). The van der Waals surface area contributed by atoms with Crippen LogP contribution in [0.5, 0.6) is 5.75 Å². The van der Waals surface area contributed by atoms with Gasteiger partial charge in [0.2, 0.25) is 0 Å². The Labute approximate surface area is 176 Å². The third-order valence-electron chi connectivity index (χ3n) is 4.28. The first kappa shape index (κ1) is 20.9. The van der Waals surface area contributed by atoms with Crippen LogP contribution >= 0.6 is 0 Å². The zero-order chi connectivity index (χ0) is 21.3. The lowest BCUT2D eigenvalue weighted by Crippen LogP contribution is -2.30. The van der Waals surface area contributed by atoms with Crippen LogP contribution in [0, 0.1) is 0 Å². The topological polar surface area (TPSA) is 64.6 Å². The normalized spacial score (nSPS) is 10.2. The van der Waals surface area contributed by atoms with Gasteiger partial charge in [0.25, 0.3) is 0 Å². The Hall–Kier alpha value is -3.86. The van der Waals surface area contributed by atoms with Crippen LogP contribution in [0.1, 0.15) is 6.92 Å². The second-order valence-electron chi connectivity index (χ2n) is 6.71. The van der Waals surface area contributed by atoms with Crippen molar-refractivity contribution in [3.8, 4) is 28.0 Å². The predicted molar refractivity (Wildman–Crippen MR) is 117 cm³/mol. The van der Waals surface area contributed by atoms with Gasteiger partial charge >= 0.3 is 12.1 Å². The number of hydrogen-bond acceptors (Lipinski definition) is 4. The highest BCUT2D eigenvalue weighted by atomic mass is 16.6. The number of carbonyl (C=O) groups excluding carboxylic acids is 2. The molecule has 152 valence electrons. The maximum atomic E-state index is 12.2. The van der Waals surface area contributed by atoms with Gasteiger partial charge in [-0.15, -0.1) is 0 Å². The van der Waals surface area contributed by atoms with Crippen molar-refractivity contribution in [1.82, 2.24) is 5.32 Å². The maximum absolute atomic E-state index is 12.2. The number of benzene rings is 3. The highest BCUT2D eigenvalue weighted by Gasteiger charge is 2.10. The van der Waals surface area contributed by atoms with Crippen molar-refractivity contribution in [2.45, 2.75) is 6.92 Å². The highest BCUT2D eigenvalue weighted by Crippen LogP contribution is 2.31. The molecule has 1 N–H and O–H groups in total. The fourth-order valence-corrected chi connectivity index (χ4v) is 2.82.